The van der Waals surface area contributed by atoms with Crippen molar-refractivity contribution in [1.82, 2.24) is 15.8 Å². The van der Waals surface area contributed by atoms with E-state index in [2.05, 4.69) is 10.9 Å². The highest BCUT2D eigenvalue weighted by molar-refractivity contribution is 5.94. The SMILES string of the molecule is CC(C)(C)OC(=O)NNC(=O)C1CCCN(C(=O)c2ccc(F)cc2)C1. The molecular formula is C18H24FN3O4. The molecule has 2 rings (SSSR count). The smallest absolute Gasteiger partial charge is 0.426 e. The van der Waals surface area contributed by atoms with E-state index >= 15 is 0 Å². The van der Waals surface area contributed by atoms with Crippen LogP contribution in [0.3, 0.4) is 0 Å². The first-order valence-electron chi connectivity index (χ1n) is 8.49. The van der Waals surface area contributed by atoms with Crippen molar-refractivity contribution in [2.45, 2.75) is 39.2 Å². The number of carbonyl (C=O) groups is 3. The third-order valence-electron chi connectivity index (χ3n) is 3.86. The van der Waals surface area contributed by atoms with Crippen LogP contribution in [-0.2, 0) is 9.53 Å². The summed E-state index contributed by atoms with van der Waals surface area (Å²) < 4.78 is 18.0. The molecule has 0 aromatic heterocycles. The van der Waals surface area contributed by atoms with Crippen LogP contribution >= 0.6 is 0 Å². The van der Waals surface area contributed by atoms with Crippen molar-refractivity contribution in [2.75, 3.05) is 13.1 Å². The van der Waals surface area contributed by atoms with E-state index in [4.69, 9.17) is 4.74 Å². The quantitative estimate of drug-likeness (QED) is 0.787. The second kappa shape index (κ2) is 8.16. The van der Waals surface area contributed by atoms with E-state index in [0.29, 0.717) is 24.9 Å². The molecule has 8 heteroatoms. The van der Waals surface area contributed by atoms with Gasteiger partial charge in [0.25, 0.3) is 5.91 Å². The van der Waals surface area contributed by atoms with Crippen LogP contribution in [0.15, 0.2) is 24.3 Å². The first kappa shape index (κ1) is 19.7. The molecule has 1 aromatic rings. The Hall–Kier alpha value is -2.64. The number of halogens is 1. The number of hydrogen-bond donors (Lipinski definition) is 2. The van der Waals surface area contributed by atoms with Crippen LogP contribution in [0.5, 0.6) is 0 Å². The highest BCUT2D eigenvalue weighted by Crippen LogP contribution is 2.19. The van der Waals surface area contributed by atoms with Crippen LogP contribution in [0.25, 0.3) is 0 Å². The maximum absolute atomic E-state index is 13.0. The lowest BCUT2D eigenvalue weighted by molar-refractivity contribution is -0.127. The predicted octanol–water partition coefficient (Wildman–Crippen LogP) is 2.23. The summed E-state index contributed by atoms with van der Waals surface area (Å²) >= 11 is 0. The summed E-state index contributed by atoms with van der Waals surface area (Å²) in [5.74, 6) is -1.48. The first-order valence-corrected chi connectivity index (χ1v) is 8.49. The van der Waals surface area contributed by atoms with E-state index in [-0.39, 0.29) is 18.4 Å². The zero-order chi connectivity index (χ0) is 19.3. The van der Waals surface area contributed by atoms with Gasteiger partial charge < -0.3 is 9.64 Å². The van der Waals surface area contributed by atoms with Gasteiger partial charge in [0.15, 0.2) is 0 Å². The summed E-state index contributed by atoms with van der Waals surface area (Å²) in [6, 6.07) is 5.30. The number of hydrazine groups is 1. The standard InChI is InChI=1S/C18H24FN3O4/c1-18(2,3)26-17(25)21-20-15(23)13-5-4-10-22(11-13)16(24)12-6-8-14(19)9-7-12/h6-9,13H,4-5,10-11H2,1-3H3,(H,20,23)(H,21,25). The minimum Gasteiger partial charge on any atom is -0.443 e. The van der Waals surface area contributed by atoms with Crippen LogP contribution < -0.4 is 10.9 Å². The number of hydrogen-bond acceptors (Lipinski definition) is 4. The molecular weight excluding hydrogens is 341 g/mol. The molecule has 1 fully saturated rings. The zero-order valence-corrected chi connectivity index (χ0v) is 15.2. The molecule has 1 aliphatic heterocycles. The number of carbonyl (C=O) groups excluding carboxylic acids is 3. The molecule has 1 heterocycles. The molecule has 142 valence electrons. The fourth-order valence-electron chi connectivity index (χ4n) is 2.67. The van der Waals surface area contributed by atoms with Crippen LogP contribution in [-0.4, -0.2) is 41.5 Å². The summed E-state index contributed by atoms with van der Waals surface area (Å²) in [6.07, 6.45) is 0.521. The van der Waals surface area contributed by atoms with Crippen molar-refractivity contribution in [3.8, 4) is 0 Å². The van der Waals surface area contributed by atoms with Gasteiger partial charge in [-0.25, -0.2) is 14.6 Å². The summed E-state index contributed by atoms with van der Waals surface area (Å²) in [5.41, 5.74) is 4.25. The lowest BCUT2D eigenvalue weighted by Crippen LogP contribution is -2.50. The van der Waals surface area contributed by atoms with Crippen LogP contribution in [0.4, 0.5) is 9.18 Å². The normalized spacial score (nSPS) is 17.4. The van der Waals surface area contributed by atoms with Gasteiger partial charge in [-0.05, 0) is 57.9 Å². The van der Waals surface area contributed by atoms with Crippen molar-refractivity contribution < 1.29 is 23.5 Å². The Labute approximate surface area is 151 Å². The molecule has 2 N–H and O–H groups in total. The van der Waals surface area contributed by atoms with E-state index in [1.54, 1.807) is 25.7 Å². The second-order valence-corrected chi connectivity index (χ2v) is 7.21. The van der Waals surface area contributed by atoms with Crippen LogP contribution in [0.2, 0.25) is 0 Å². The topological polar surface area (TPSA) is 87.7 Å². The molecule has 1 atom stereocenters. The maximum Gasteiger partial charge on any atom is 0.426 e. The highest BCUT2D eigenvalue weighted by Gasteiger charge is 2.29. The summed E-state index contributed by atoms with van der Waals surface area (Å²) in [4.78, 5) is 37.9. The van der Waals surface area contributed by atoms with Crippen LogP contribution in [0.1, 0.15) is 44.0 Å². The summed E-state index contributed by atoms with van der Waals surface area (Å²) in [7, 11) is 0. The lowest BCUT2D eigenvalue weighted by Gasteiger charge is -2.32. The number of amides is 3. The van der Waals surface area contributed by atoms with Gasteiger partial charge in [-0.1, -0.05) is 0 Å². The van der Waals surface area contributed by atoms with E-state index in [1.165, 1.54) is 24.3 Å². The van der Waals surface area contributed by atoms with Crippen molar-refractivity contribution >= 4 is 17.9 Å². The molecule has 0 aliphatic carbocycles. The first-order chi connectivity index (χ1) is 12.2. The Morgan fingerprint density at radius 1 is 1.15 bits per heavy atom. The number of benzene rings is 1. The third kappa shape index (κ3) is 5.72. The van der Waals surface area contributed by atoms with Gasteiger partial charge in [0, 0.05) is 18.7 Å². The Morgan fingerprint density at radius 3 is 2.42 bits per heavy atom. The second-order valence-electron chi connectivity index (χ2n) is 7.21. The van der Waals surface area contributed by atoms with Gasteiger partial charge in [0.2, 0.25) is 5.91 Å². The number of ether oxygens (including phenoxy) is 1. The lowest BCUT2D eigenvalue weighted by atomic mass is 9.96. The molecule has 7 nitrogen and oxygen atoms in total. The average Bonchev–Trinajstić information content (AvgIpc) is 2.58. The average molecular weight is 365 g/mol. The number of nitrogens with one attached hydrogen (secondary N) is 2. The molecule has 1 aromatic carbocycles. The largest absolute Gasteiger partial charge is 0.443 e. The number of likely N-dealkylation sites (tertiary alicyclic amines) is 1. The van der Waals surface area contributed by atoms with Crippen molar-refractivity contribution in [2.24, 2.45) is 5.92 Å². The van der Waals surface area contributed by atoms with Gasteiger partial charge in [-0.2, -0.15) is 0 Å². The van der Waals surface area contributed by atoms with Gasteiger partial charge in [0.1, 0.15) is 11.4 Å². The molecule has 0 bridgehead atoms. The highest BCUT2D eigenvalue weighted by atomic mass is 19.1. The number of rotatable bonds is 2. The van der Waals surface area contributed by atoms with Crippen molar-refractivity contribution in [3.05, 3.63) is 35.6 Å². The molecule has 3 amide bonds. The van der Waals surface area contributed by atoms with Crippen LogP contribution in [0, 0.1) is 11.7 Å². The summed E-state index contributed by atoms with van der Waals surface area (Å²) in [6.45, 7) is 5.91. The van der Waals surface area contributed by atoms with Crippen molar-refractivity contribution in [1.29, 1.82) is 0 Å². The molecule has 1 unspecified atom stereocenters. The zero-order valence-electron chi connectivity index (χ0n) is 15.2. The van der Waals surface area contributed by atoms with Gasteiger partial charge in [0.05, 0.1) is 5.92 Å². The molecule has 0 saturated carbocycles. The van der Waals surface area contributed by atoms with E-state index in [9.17, 15) is 18.8 Å². The van der Waals surface area contributed by atoms with E-state index in [0.717, 1.165) is 0 Å². The minimum absolute atomic E-state index is 0.234. The number of nitrogens with zero attached hydrogens (tertiary/aromatic N) is 1. The van der Waals surface area contributed by atoms with Gasteiger partial charge in [-0.3, -0.25) is 15.0 Å². The Bertz CT molecular complexity index is 670. The Balaban J connectivity index is 1.88. The van der Waals surface area contributed by atoms with E-state index in [1.807, 2.05) is 0 Å². The fraction of sp³-hybridized carbons (Fsp3) is 0.500. The third-order valence-corrected chi connectivity index (χ3v) is 3.86. The molecule has 1 saturated heterocycles. The predicted molar refractivity (Wildman–Crippen MR) is 92.5 cm³/mol. The molecule has 1 aliphatic rings. The molecule has 0 radical (unpaired) electrons. The monoisotopic (exact) mass is 365 g/mol. The fourth-order valence-corrected chi connectivity index (χ4v) is 2.67. The van der Waals surface area contributed by atoms with Gasteiger partial charge in [-0.15, -0.1) is 0 Å². The van der Waals surface area contributed by atoms with E-state index < -0.39 is 23.4 Å². The maximum atomic E-state index is 13.0. The van der Waals surface area contributed by atoms with Crippen molar-refractivity contribution in [3.63, 3.8) is 0 Å². The Kier molecular flexibility index (Phi) is 6.18. The Morgan fingerprint density at radius 2 is 1.81 bits per heavy atom. The van der Waals surface area contributed by atoms with Gasteiger partial charge >= 0.3 is 6.09 Å². The minimum atomic E-state index is -0.749. The molecule has 26 heavy (non-hydrogen) atoms. The summed E-state index contributed by atoms with van der Waals surface area (Å²) in [5, 5.41) is 0. The molecule has 0 spiro atoms. The number of piperidine rings is 1.